The maximum Gasteiger partial charge on any atom is 0.124 e. The Balaban J connectivity index is 1.74. The van der Waals surface area contributed by atoms with Crippen molar-refractivity contribution in [3.05, 3.63) is 42.0 Å². The quantitative estimate of drug-likeness (QED) is 0.738. The van der Waals surface area contributed by atoms with Gasteiger partial charge in [0.1, 0.15) is 5.75 Å². The molecule has 1 atom stereocenters. The number of hydrogen-bond acceptors (Lipinski definition) is 3. The van der Waals surface area contributed by atoms with Gasteiger partial charge in [0.2, 0.25) is 0 Å². The van der Waals surface area contributed by atoms with Crippen molar-refractivity contribution in [1.82, 2.24) is 5.32 Å². The summed E-state index contributed by atoms with van der Waals surface area (Å²) in [5, 5.41) is 6.11. The van der Waals surface area contributed by atoms with Gasteiger partial charge in [-0.2, -0.15) is 0 Å². The maximum atomic E-state index is 6.04. The fraction of sp³-hybridized carbons (Fsp3) is 0.500. The van der Waals surface area contributed by atoms with Crippen molar-refractivity contribution in [1.29, 1.82) is 0 Å². The Hall–Kier alpha value is -1.58. The van der Waals surface area contributed by atoms with Crippen LogP contribution in [-0.2, 0) is 11.3 Å². The summed E-state index contributed by atoms with van der Waals surface area (Å²) in [6.07, 6.45) is 4.97. The van der Waals surface area contributed by atoms with Crippen LogP contribution in [0, 0.1) is 0 Å². The normalized spacial score (nSPS) is 17.7. The van der Waals surface area contributed by atoms with Gasteiger partial charge in [-0.1, -0.05) is 43.7 Å². The number of rotatable bonds is 8. The van der Waals surface area contributed by atoms with Gasteiger partial charge in [-0.05, 0) is 36.1 Å². The number of hydrogen-bond donors (Lipinski definition) is 1. The lowest BCUT2D eigenvalue weighted by molar-refractivity contribution is 0.110. The van der Waals surface area contributed by atoms with Crippen LogP contribution in [0.4, 0.5) is 0 Å². The van der Waals surface area contributed by atoms with Gasteiger partial charge in [-0.25, -0.2) is 0 Å². The minimum absolute atomic E-state index is 0.370. The zero-order valence-corrected chi connectivity index (χ0v) is 14.0. The van der Waals surface area contributed by atoms with Crippen LogP contribution < -0.4 is 10.1 Å². The molecular weight excluding hydrogens is 286 g/mol. The zero-order chi connectivity index (χ0) is 15.9. The average Bonchev–Trinajstić information content (AvgIpc) is 3.10. The van der Waals surface area contributed by atoms with E-state index in [2.05, 4.69) is 48.6 Å². The molecule has 0 amide bonds. The van der Waals surface area contributed by atoms with E-state index in [1.807, 2.05) is 0 Å². The first kappa shape index (κ1) is 16.3. The molecular formula is C20H27NO2. The van der Waals surface area contributed by atoms with Crippen LogP contribution >= 0.6 is 0 Å². The summed E-state index contributed by atoms with van der Waals surface area (Å²) in [5.74, 6) is 1.01. The van der Waals surface area contributed by atoms with Crippen LogP contribution in [0.25, 0.3) is 10.8 Å². The van der Waals surface area contributed by atoms with Crippen molar-refractivity contribution in [3.63, 3.8) is 0 Å². The molecule has 1 saturated heterocycles. The van der Waals surface area contributed by atoms with E-state index >= 15 is 0 Å². The summed E-state index contributed by atoms with van der Waals surface area (Å²) in [6, 6.07) is 12.8. The van der Waals surface area contributed by atoms with Gasteiger partial charge in [0, 0.05) is 25.3 Å². The largest absolute Gasteiger partial charge is 0.493 e. The molecule has 1 aliphatic heterocycles. The molecule has 3 heteroatoms. The second kappa shape index (κ2) is 8.32. The highest BCUT2D eigenvalue weighted by atomic mass is 16.5. The van der Waals surface area contributed by atoms with Crippen LogP contribution in [0.15, 0.2) is 36.4 Å². The summed E-state index contributed by atoms with van der Waals surface area (Å²) in [6.45, 7) is 5.62. The van der Waals surface area contributed by atoms with Crippen LogP contribution in [0.3, 0.4) is 0 Å². The van der Waals surface area contributed by atoms with Gasteiger partial charge in [0.25, 0.3) is 0 Å². The first-order chi connectivity index (χ1) is 11.4. The van der Waals surface area contributed by atoms with E-state index in [-0.39, 0.29) is 0 Å². The van der Waals surface area contributed by atoms with E-state index in [9.17, 15) is 0 Å². The molecule has 0 aliphatic carbocycles. The highest BCUT2D eigenvalue weighted by Crippen LogP contribution is 2.28. The molecule has 0 saturated carbocycles. The Morgan fingerprint density at radius 2 is 2.13 bits per heavy atom. The van der Waals surface area contributed by atoms with Crippen molar-refractivity contribution < 1.29 is 9.47 Å². The lowest BCUT2D eigenvalue weighted by Gasteiger charge is -2.16. The Bertz CT molecular complexity index is 620. The minimum Gasteiger partial charge on any atom is -0.493 e. The molecule has 0 aromatic heterocycles. The van der Waals surface area contributed by atoms with E-state index in [1.54, 1.807) is 0 Å². The first-order valence-corrected chi connectivity index (χ1v) is 8.84. The van der Waals surface area contributed by atoms with Crippen molar-refractivity contribution in [3.8, 4) is 5.75 Å². The molecule has 0 bridgehead atoms. The average molecular weight is 313 g/mol. The zero-order valence-electron chi connectivity index (χ0n) is 14.0. The molecule has 124 valence electrons. The first-order valence-electron chi connectivity index (χ1n) is 8.84. The SMILES string of the molecule is CCCCOc1ccc2ccccc2c1CNCC1CCCO1. The highest BCUT2D eigenvalue weighted by Gasteiger charge is 2.15. The van der Waals surface area contributed by atoms with Gasteiger partial charge in [-0.3, -0.25) is 0 Å². The lowest BCUT2D eigenvalue weighted by Crippen LogP contribution is -2.26. The lowest BCUT2D eigenvalue weighted by atomic mass is 10.0. The third kappa shape index (κ3) is 4.24. The van der Waals surface area contributed by atoms with Gasteiger partial charge in [0.15, 0.2) is 0 Å². The number of fused-ring (bicyclic) bond motifs is 1. The van der Waals surface area contributed by atoms with Crippen LogP contribution in [0.2, 0.25) is 0 Å². The molecule has 3 rings (SSSR count). The molecule has 1 heterocycles. The fourth-order valence-electron chi connectivity index (χ4n) is 3.12. The molecule has 3 nitrogen and oxygen atoms in total. The van der Waals surface area contributed by atoms with Crippen LogP contribution in [-0.4, -0.2) is 25.9 Å². The molecule has 0 radical (unpaired) electrons. The van der Waals surface area contributed by atoms with E-state index < -0.39 is 0 Å². The monoisotopic (exact) mass is 313 g/mol. The Morgan fingerprint density at radius 3 is 2.96 bits per heavy atom. The molecule has 2 aromatic carbocycles. The topological polar surface area (TPSA) is 30.5 Å². The third-order valence-electron chi connectivity index (χ3n) is 4.45. The van der Waals surface area contributed by atoms with Crippen molar-refractivity contribution in [2.75, 3.05) is 19.8 Å². The van der Waals surface area contributed by atoms with Crippen LogP contribution in [0.5, 0.6) is 5.75 Å². The summed E-state index contributed by atoms with van der Waals surface area (Å²) < 4.78 is 11.7. The van der Waals surface area contributed by atoms with Crippen LogP contribution in [0.1, 0.15) is 38.2 Å². The number of unbranched alkanes of at least 4 members (excludes halogenated alkanes) is 1. The summed E-state index contributed by atoms with van der Waals surface area (Å²) in [4.78, 5) is 0. The van der Waals surface area contributed by atoms with E-state index in [4.69, 9.17) is 9.47 Å². The Morgan fingerprint density at radius 1 is 1.22 bits per heavy atom. The fourth-order valence-corrected chi connectivity index (χ4v) is 3.12. The summed E-state index contributed by atoms with van der Waals surface area (Å²) in [5.41, 5.74) is 1.26. The van der Waals surface area contributed by atoms with Crippen molar-refractivity contribution in [2.24, 2.45) is 0 Å². The Labute approximate surface area is 139 Å². The molecule has 1 N–H and O–H groups in total. The second-order valence-electron chi connectivity index (χ2n) is 6.23. The van der Waals surface area contributed by atoms with Crippen molar-refractivity contribution in [2.45, 2.75) is 45.3 Å². The molecule has 1 aliphatic rings. The number of nitrogens with one attached hydrogen (secondary N) is 1. The molecule has 1 unspecified atom stereocenters. The minimum atomic E-state index is 0.370. The third-order valence-corrected chi connectivity index (χ3v) is 4.45. The van der Waals surface area contributed by atoms with Gasteiger partial charge in [0.05, 0.1) is 12.7 Å². The second-order valence-corrected chi connectivity index (χ2v) is 6.23. The predicted octanol–water partition coefficient (Wildman–Crippen LogP) is 4.29. The Kier molecular flexibility index (Phi) is 5.89. The molecule has 0 spiro atoms. The van der Waals surface area contributed by atoms with Gasteiger partial charge in [-0.15, -0.1) is 0 Å². The highest BCUT2D eigenvalue weighted by molar-refractivity contribution is 5.87. The van der Waals surface area contributed by atoms with Gasteiger partial charge < -0.3 is 14.8 Å². The molecule has 1 fully saturated rings. The number of benzene rings is 2. The molecule has 2 aromatic rings. The maximum absolute atomic E-state index is 6.04. The predicted molar refractivity (Wildman–Crippen MR) is 95.0 cm³/mol. The summed E-state index contributed by atoms with van der Waals surface area (Å²) >= 11 is 0. The van der Waals surface area contributed by atoms with E-state index in [1.165, 1.54) is 29.2 Å². The molecule has 23 heavy (non-hydrogen) atoms. The number of ether oxygens (including phenoxy) is 2. The van der Waals surface area contributed by atoms with E-state index in [0.717, 1.165) is 44.9 Å². The van der Waals surface area contributed by atoms with E-state index in [0.29, 0.717) is 6.10 Å². The standard InChI is InChI=1S/C20H27NO2/c1-2-3-12-23-20-11-10-16-7-4-5-9-18(16)19(20)15-21-14-17-8-6-13-22-17/h4-5,7,9-11,17,21H,2-3,6,8,12-15H2,1H3. The van der Waals surface area contributed by atoms with Gasteiger partial charge >= 0.3 is 0 Å². The summed E-state index contributed by atoms with van der Waals surface area (Å²) in [7, 11) is 0. The smallest absolute Gasteiger partial charge is 0.124 e. The van der Waals surface area contributed by atoms with Crippen molar-refractivity contribution >= 4 is 10.8 Å².